The van der Waals surface area contributed by atoms with Crippen LogP contribution in [0.1, 0.15) is 41.6 Å². The molecule has 2 nitrogen and oxygen atoms in total. The van der Waals surface area contributed by atoms with E-state index in [1.165, 1.54) is 46.2 Å². The van der Waals surface area contributed by atoms with Gasteiger partial charge in [-0.25, -0.2) is 4.98 Å². The number of benzene rings is 1. The zero-order valence-corrected chi connectivity index (χ0v) is 12.9. The highest BCUT2D eigenvalue weighted by atomic mass is 32.1. The molecular formula is C17H20N2S. The van der Waals surface area contributed by atoms with Crippen molar-refractivity contribution < 1.29 is 0 Å². The second-order valence-corrected chi connectivity index (χ2v) is 7.35. The summed E-state index contributed by atoms with van der Waals surface area (Å²) in [4.78, 5) is 9.05. The number of nitrogens with zero attached hydrogens (tertiary/aromatic N) is 2. The molecule has 1 fully saturated rings. The van der Waals surface area contributed by atoms with E-state index in [2.05, 4.69) is 43.0 Å². The second kappa shape index (κ2) is 4.68. The first-order valence-corrected chi connectivity index (χ1v) is 8.36. The summed E-state index contributed by atoms with van der Waals surface area (Å²) >= 11 is 1.95. The fourth-order valence-corrected chi connectivity index (χ4v) is 4.64. The molecule has 3 heteroatoms. The Kier molecular flexibility index (Phi) is 2.93. The topological polar surface area (TPSA) is 16.1 Å². The molecule has 0 N–H and O–H groups in total. The number of aromatic nitrogens is 1. The molecule has 2 aliphatic rings. The van der Waals surface area contributed by atoms with Crippen molar-refractivity contribution in [3.8, 4) is 11.3 Å². The number of likely N-dealkylation sites (tertiary alicyclic amines) is 1. The third-order valence-electron chi connectivity index (χ3n) is 4.64. The molecule has 1 aliphatic heterocycles. The van der Waals surface area contributed by atoms with Crippen LogP contribution in [0.4, 0.5) is 0 Å². The summed E-state index contributed by atoms with van der Waals surface area (Å²) in [6.45, 7) is 7.00. The van der Waals surface area contributed by atoms with Crippen LogP contribution in [0.5, 0.6) is 0 Å². The van der Waals surface area contributed by atoms with Gasteiger partial charge in [0.2, 0.25) is 0 Å². The lowest BCUT2D eigenvalue weighted by atomic mass is 10.1. The highest BCUT2D eigenvalue weighted by Crippen LogP contribution is 2.42. The summed E-state index contributed by atoms with van der Waals surface area (Å²) in [6.07, 6.45) is 2.36. The Hall–Kier alpha value is -1.19. The predicted molar refractivity (Wildman–Crippen MR) is 84.4 cm³/mol. The fraction of sp³-hybridized carbons (Fsp3) is 0.471. The van der Waals surface area contributed by atoms with Gasteiger partial charge < -0.3 is 4.90 Å². The molecule has 20 heavy (non-hydrogen) atoms. The minimum absolute atomic E-state index is 0.653. The van der Waals surface area contributed by atoms with Crippen LogP contribution in [0.15, 0.2) is 24.3 Å². The second-order valence-electron chi connectivity index (χ2n) is 6.23. The summed E-state index contributed by atoms with van der Waals surface area (Å²) in [5.74, 6) is 0.653. The molecule has 104 valence electrons. The molecule has 2 aromatic rings. The normalized spacial score (nSPS) is 21.4. The summed E-state index contributed by atoms with van der Waals surface area (Å²) in [5, 5.41) is 1.37. The minimum Gasteiger partial charge on any atom is -0.300 e. The quantitative estimate of drug-likeness (QED) is 0.709. The lowest BCUT2D eigenvalue weighted by Crippen LogP contribution is -2.27. The molecule has 0 radical (unpaired) electrons. The van der Waals surface area contributed by atoms with Crippen molar-refractivity contribution in [3.63, 3.8) is 0 Å². The summed E-state index contributed by atoms with van der Waals surface area (Å²) in [6, 6.07) is 9.38. The van der Waals surface area contributed by atoms with Gasteiger partial charge >= 0.3 is 0 Å². The number of rotatable bonds is 2. The molecule has 2 heterocycles. The number of fused-ring (bicyclic) bond motifs is 3. The Morgan fingerprint density at radius 2 is 2.15 bits per heavy atom. The van der Waals surface area contributed by atoms with Crippen molar-refractivity contribution >= 4 is 11.3 Å². The van der Waals surface area contributed by atoms with Crippen LogP contribution in [-0.4, -0.2) is 29.0 Å². The van der Waals surface area contributed by atoms with E-state index >= 15 is 0 Å². The highest BCUT2D eigenvalue weighted by molar-refractivity contribution is 7.12. The van der Waals surface area contributed by atoms with Crippen LogP contribution < -0.4 is 0 Å². The van der Waals surface area contributed by atoms with E-state index in [0.29, 0.717) is 12.0 Å². The molecule has 1 saturated heterocycles. The first-order chi connectivity index (χ1) is 9.72. The molecule has 1 aromatic carbocycles. The highest BCUT2D eigenvalue weighted by Gasteiger charge is 2.30. The van der Waals surface area contributed by atoms with E-state index in [0.717, 1.165) is 6.42 Å². The third-order valence-corrected chi connectivity index (χ3v) is 5.85. The van der Waals surface area contributed by atoms with E-state index in [1.807, 2.05) is 11.3 Å². The number of hydrogen-bond acceptors (Lipinski definition) is 3. The molecule has 1 atom stereocenters. The van der Waals surface area contributed by atoms with Gasteiger partial charge in [-0.2, -0.15) is 0 Å². The third kappa shape index (κ3) is 1.92. The van der Waals surface area contributed by atoms with Crippen molar-refractivity contribution in [2.75, 3.05) is 13.1 Å². The van der Waals surface area contributed by atoms with E-state index in [1.54, 1.807) is 0 Å². The summed E-state index contributed by atoms with van der Waals surface area (Å²) in [7, 11) is 0. The maximum Gasteiger partial charge on any atom is 0.0979 e. The summed E-state index contributed by atoms with van der Waals surface area (Å²) < 4.78 is 0. The van der Waals surface area contributed by atoms with Crippen LogP contribution in [0.25, 0.3) is 11.3 Å². The van der Waals surface area contributed by atoms with E-state index in [4.69, 9.17) is 4.98 Å². The van der Waals surface area contributed by atoms with Crippen LogP contribution in [-0.2, 0) is 6.42 Å². The Morgan fingerprint density at radius 3 is 2.95 bits per heavy atom. The van der Waals surface area contributed by atoms with Crippen LogP contribution >= 0.6 is 11.3 Å². The van der Waals surface area contributed by atoms with Crippen molar-refractivity contribution in [2.45, 2.75) is 38.6 Å². The summed E-state index contributed by atoms with van der Waals surface area (Å²) in [5.41, 5.74) is 4.08. The maximum absolute atomic E-state index is 5.00. The monoisotopic (exact) mass is 284 g/mol. The molecule has 0 amide bonds. The number of hydrogen-bond donors (Lipinski definition) is 0. The molecular weight excluding hydrogens is 264 g/mol. The number of thiazole rings is 1. The zero-order chi connectivity index (χ0) is 13.7. The Bertz CT molecular complexity index is 644. The van der Waals surface area contributed by atoms with Gasteiger partial charge in [-0.05, 0) is 32.4 Å². The first kappa shape index (κ1) is 12.5. The first-order valence-electron chi connectivity index (χ1n) is 7.54. The Labute approximate surface area is 124 Å². The molecule has 0 spiro atoms. The van der Waals surface area contributed by atoms with Crippen molar-refractivity contribution in [1.82, 2.24) is 9.88 Å². The lowest BCUT2D eigenvalue weighted by Gasteiger charge is -2.19. The maximum atomic E-state index is 5.00. The van der Waals surface area contributed by atoms with Crippen molar-refractivity contribution in [1.29, 1.82) is 0 Å². The molecule has 1 unspecified atom stereocenters. The van der Waals surface area contributed by atoms with E-state index < -0.39 is 0 Å². The average molecular weight is 284 g/mol. The lowest BCUT2D eigenvalue weighted by molar-refractivity contribution is 0.272. The van der Waals surface area contributed by atoms with Gasteiger partial charge in [0, 0.05) is 35.4 Å². The smallest absolute Gasteiger partial charge is 0.0979 e. The van der Waals surface area contributed by atoms with Crippen molar-refractivity contribution in [2.24, 2.45) is 0 Å². The van der Waals surface area contributed by atoms with Gasteiger partial charge in [-0.1, -0.05) is 24.3 Å². The van der Waals surface area contributed by atoms with Crippen LogP contribution in [0, 0.1) is 0 Å². The average Bonchev–Trinajstić information content (AvgIpc) is 3.11. The van der Waals surface area contributed by atoms with E-state index in [-0.39, 0.29) is 0 Å². The van der Waals surface area contributed by atoms with Gasteiger partial charge in [0.1, 0.15) is 0 Å². The zero-order valence-electron chi connectivity index (χ0n) is 12.1. The Balaban J connectivity index is 1.62. The van der Waals surface area contributed by atoms with Crippen LogP contribution in [0.2, 0.25) is 0 Å². The van der Waals surface area contributed by atoms with Crippen LogP contribution in [0.3, 0.4) is 0 Å². The molecule has 1 aromatic heterocycles. The predicted octanol–water partition coefficient (Wildman–Crippen LogP) is 3.91. The Morgan fingerprint density at radius 1 is 1.30 bits per heavy atom. The molecule has 1 aliphatic carbocycles. The largest absolute Gasteiger partial charge is 0.300 e. The molecule has 0 saturated carbocycles. The minimum atomic E-state index is 0.653. The van der Waals surface area contributed by atoms with Crippen molar-refractivity contribution in [3.05, 3.63) is 39.7 Å². The van der Waals surface area contributed by atoms with Gasteiger partial charge in [0.05, 0.1) is 10.7 Å². The molecule has 0 bridgehead atoms. The standard InChI is InChI=1S/C17H20N2S/c1-11(2)19-8-7-13(10-19)17-18-16-14-6-4-3-5-12(14)9-15(16)20-17/h3-6,11,13H,7-10H2,1-2H3. The molecule has 4 rings (SSSR count). The fourth-order valence-electron chi connectivity index (χ4n) is 3.41. The van der Waals surface area contributed by atoms with E-state index in [9.17, 15) is 0 Å². The van der Waals surface area contributed by atoms with Gasteiger partial charge in [0.25, 0.3) is 0 Å². The van der Waals surface area contributed by atoms with Gasteiger partial charge in [0.15, 0.2) is 0 Å². The van der Waals surface area contributed by atoms with Gasteiger partial charge in [-0.15, -0.1) is 11.3 Å². The van der Waals surface area contributed by atoms with Gasteiger partial charge in [-0.3, -0.25) is 0 Å². The SMILES string of the molecule is CC(C)N1CCC(c2nc3c(s2)Cc2ccccc2-3)C1.